The summed E-state index contributed by atoms with van der Waals surface area (Å²) in [5.41, 5.74) is 1.74. The molecule has 1 atom stereocenters. The quantitative estimate of drug-likeness (QED) is 0.278. The molecule has 0 saturated heterocycles. The second-order valence-corrected chi connectivity index (χ2v) is 8.78. The number of fused-ring (bicyclic) bond motifs is 3. The number of thioether (sulfide) groups is 1. The molecule has 0 radical (unpaired) electrons. The maximum absolute atomic E-state index is 13.4. The second kappa shape index (κ2) is 8.55. The highest BCUT2D eigenvalue weighted by atomic mass is 32.2. The largest absolute Gasteiger partial charge is 0.497 e. The number of carbonyl (C=O) groups excluding carboxylic acids is 1. The molecule has 33 heavy (non-hydrogen) atoms. The van der Waals surface area contributed by atoms with Crippen molar-refractivity contribution in [1.29, 1.82) is 0 Å². The monoisotopic (exact) mass is 456 g/mol. The molecule has 0 aliphatic rings. The van der Waals surface area contributed by atoms with Gasteiger partial charge in [0.1, 0.15) is 5.75 Å². The Hall–Kier alpha value is -3.91. The molecule has 0 aliphatic heterocycles. The lowest BCUT2D eigenvalue weighted by atomic mass is 10.1. The van der Waals surface area contributed by atoms with Crippen molar-refractivity contribution in [3.05, 3.63) is 94.8 Å². The van der Waals surface area contributed by atoms with Gasteiger partial charge in [0.25, 0.3) is 5.56 Å². The summed E-state index contributed by atoms with van der Waals surface area (Å²) in [4.78, 5) is 26.4. The van der Waals surface area contributed by atoms with Gasteiger partial charge >= 0.3 is 0 Å². The highest BCUT2D eigenvalue weighted by molar-refractivity contribution is 8.00. The predicted molar refractivity (Wildman–Crippen MR) is 129 cm³/mol. The van der Waals surface area contributed by atoms with E-state index in [0.29, 0.717) is 38.8 Å². The van der Waals surface area contributed by atoms with Gasteiger partial charge in [-0.2, -0.15) is 0 Å². The normalized spacial score (nSPS) is 12.2. The second-order valence-electron chi connectivity index (χ2n) is 7.47. The summed E-state index contributed by atoms with van der Waals surface area (Å²) in [5, 5.41) is 9.38. The molecule has 5 aromatic rings. The molecule has 8 heteroatoms. The number of aromatic nitrogens is 4. The van der Waals surface area contributed by atoms with Crippen molar-refractivity contribution in [2.45, 2.75) is 17.3 Å². The Morgan fingerprint density at radius 1 is 0.970 bits per heavy atom. The third kappa shape index (κ3) is 3.68. The van der Waals surface area contributed by atoms with Crippen LogP contribution < -0.4 is 10.3 Å². The molecule has 0 fully saturated rings. The molecule has 5 rings (SSSR count). The molecule has 164 valence electrons. The first-order valence-corrected chi connectivity index (χ1v) is 11.3. The van der Waals surface area contributed by atoms with E-state index < -0.39 is 5.25 Å². The Kier molecular flexibility index (Phi) is 5.43. The van der Waals surface area contributed by atoms with Crippen LogP contribution in [0, 0.1) is 0 Å². The Labute approximate surface area is 193 Å². The molecule has 0 bridgehead atoms. The minimum Gasteiger partial charge on any atom is -0.497 e. The van der Waals surface area contributed by atoms with Gasteiger partial charge in [0.2, 0.25) is 5.78 Å². The topological polar surface area (TPSA) is 78.5 Å². The zero-order valence-electron chi connectivity index (χ0n) is 18.0. The molecule has 2 heterocycles. The van der Waals surface area contributed by atoms with Gasteiger partial charge in [0.05, 0.1) is 29.0 Å². The Morgan fingerprint density at radius 2 is 1.73 bits per heavy atom. The van der Waals surface area contributed by atoms with Crippen LogP contribution in [0.1, 0.15) is 17.3 Å². The van der Waals surface area contributed by atoms with Gasteiger partial charge in [-0.15, -0.1) is 10.2 Å². The fourth-order valence-electron chi connectivity index (χ4n) is 3.79. The molecule has 0 amide bonds. The Bertz CT molecular complexity index is 1540. The van der Waals surface area contributed by atoms with Crippen LogP contribution in [0.3, 0.4) is 0 Å². The lowest BCUT2D eigenvalue weighted by Crippen LogP contribution is -2.22. The van der Waals surface area contributed by atoms with Crippen LogP contribution in [-0.4, -0.2) is 37.3 Å². The molecule has 7 nitrogen and oxygen atoms in total. The number of para-hydroxylation sites is 1. The van der Waals surface area contributed by atoms with Crippen molar-refractivity contribution in [3.63, 3.8) is 0 Å². The van der Waals surface area contributed by atoms with Gasteiger partial charge in [0.15, 0.2) is 10.9 Å². The van der Waals surface area contributed by atoms with Crippen LogP contribution in [0.25, 0.3) is 22.4 Å². The fourth-order valence-corrected chi connectivity index (χ4v) is 4.72. The summed E-state index contributed by atoms with van der Waals surface area (Å²) in [6, 6.07) is 23.7. The first-order valence-electron chi connectivity index (χ1n) is 10.4. The Morgan fingerprint density at radius 3 is 2.52 bits per heavy atom. The molecule has 0 saturated carbocycles. The van der Waals surface area contributed by atoms with E-state index in [2.05, 4.69) is 10.2 Å². The molecular weight excluding hydrogens is 436 g/mol. The lowest BCUT2D eigenvalue weighted by Gasteiger charge is -2.13. The highest BCUT2D eigenvalue weighted by Crippen LogP contribution is 2.28. The van der Waals surface area contributed by atoms with E-state index in [0.717, 1.165) is 0 Å². The van der Waals surface area contributed by atoms with Gasteiger partial charge in [0, 0.05) is 11.6 Å². The van der Waals surface area contributed by atoms with Crippen molar-refractivity contribution in [1.82, 2.24) is 19.2 Å². The zero-order chi connectivity index (χ0) is 22.9. The molecule has 0 aliphatic carbocycles. The summed E-state index contributed by atoms with van der Waals surface area (Å²) >= 11 is 1.31. The summed E-state index contributed by atoms with van der Waals surface area (Å²) in [6.07, 6.45) is 0. The summed E-state index contributed by atoms with van der Waals surface area (Å²) in [6.45, 7) is 1.85. The number of ether oxygens (including phenoxy) is 1. The highest BCUT2D eigenvalue weighted by Gasteiger charge is 2.23. The maximum Gasteiger partial charge on any atom is 0.267 e. The van der Waals surface area contributed by atoms with Crippen LogP contribution in [0.5, 0.6) is 5.75 Å². The number of hydrogen-bond acceptors (Lipinski definition) is 6. The van der Waals surface area contributed by atoms with Crippen LogP contribution in [0.4, 0.5) is 0 Å². The third-order valence-electron chi connectivity index (χ3n) is 5.42. The number of nitrogens with zero attached hydrogens (tertiary/aromatic N) is 4. The van der Waals surface area contributed by atoms with E-state index in [1.54, 1.807) is 31.4 Å². The van der Waals surface area contributed by atoms with Crippen LogP contribution in [0.2, 0.25) is 0 Å². The number of benzene rings is 3. The zero-order valence-corrected chi connectivity index (χ0v) is 18.8. The first kappa shape index (κ1) is 21.0. The summed E-state index contributed by atoms with van der Waals surface area (Å²) in [5.74, 6) is 0.999. The number of ketones is 1. The van der Waals surface area contributed by atoms with E-state index >= 15 is 0 Å². The van der Waals surface area contributed by atoms with Gasteiger partial charge in [-0.3, -0.25) is 14.0 Å². The average molecular weight is 457 g/mol. The van der Waals surface area contributed by atoms with Gasteiger partial charge in [-0.25, -0.2) is 4.57 Å². The van der Waals surface area contributed by atoms with Crippen LogP contribution >= 0.6 is 11.8 Å². The van der Waals surface area contributed by atoms with Gasteiger partial charge in [-0.05, 0) is 31.2 Å². The van der Waals surface area contributed by atoms with E-state index in [1.807, 2.05) is 65.9 Å². The lowest BCUT2D eigenvalue weighted by molar-refractivity contribution is 0.0994. The van der Waals surface area contributed by atoms with Crippen molar-refractivity contribution < 1.29 is 9.53 Å². The average Bonchev–Trinajstić information content (AvgIpc) is 3.27. The number of rotatable bonds is 6. The first-order chi connectivity index (χ1) is 16.1. The third-order valence-corrected chi connectivity index (χ3v) is 6.46. The van der Waals surface area contributed by atoms with Crippen molar-refractivity contribution >= 4 is 34.2 Å². The minimum absolute atomic E-state index is 0.00257. The predicted octanol–water partition coefficient (Wildman–Crippen LogP) is 4.41. The fraction of sp³-hybridized carbons (Fsp3) is 0.120. The van der Waals surface area contributed by atoms with Crippen molar-refractivity contribution in [3.8, 4) is 11.4 Å². The van der Waals surface area contributed by atoms with Crippen LogP contribution in [-0.2, 0) is 0 Å². The van der Waals surface area contributed by atoms with Gasteiger partial charge in [-0.1, -0.05) is 60.3 Å². The van der Waals surface area contributed by atoms with Crippen molar-refractivity contribution in [2.24, 2.45) is 0 Å². The molecule has 0 spiro atoms. The minimum atomic E-state index is -0.393. The van der Waals surface area contributed by atoms with Gasteiger partial charge < -0.3 is 4.74 Å². The molecule has 2 aromatic heterocycles. The molecule has 0 N–H and O–H groups in total. The standard InChI is InChI=1S/C25H20N4O3S/c1-16(22(30)17-9-4-3-5-10-17)33-25-27-26-24-28(18-11-8-12-19(15-18)32-2)23(31)20-13-6-7-14-21(20)29(24)25/h3-16H,1-2H3. The summed E-state index contributed by atoms with van der Waals surface area (Å²) in [7, 11) is 1.58. The maximum atomic E-state index is 13.4. The number of hydrogen-bond donors (Lipinski definition) is 0. The van der Waals surface area contributed by atoms with Crippen LogP contribution in [0.15, 0.2) is 88.8 Å². The van der Waals surface area contributed by atoms with E-state index in [1.165, 1.54) is 16.3 Å². The molecular formula is C25H20N4O3S. The SMILES string of the molecule is COc1cccc(-n2c(=O)c3ccccc3n3c(SC(C)C(=O)c4ccccc4)nnc23)c1. The number of methoxy groups -OCH3 is 1. The van der Waals surface area contributed by atoms with E-state index in [9.17, 15) is 9.59 Å². The van der Waals surface area contributed by atoms with E-state index in [-0.39, 0.29) is 11.3 Å². The number of carbonyl (C=O) groups is 1. The smallest absolute Gasteiger partial charge is 0.267 e. The molecule has 3 aromatic carbocycles. The molecule has 1 unspecified atom stereocenters. The van der Waals surface area contributed by atoms with Crippen molar-refractivity contribution in [2.75, 3.05) is 7.11 Å². The van der Waals surface area contributed by atoms with E-state index in [4.69, 9.17) is 4.74 Å². The Balaban J connectivity index is 1.69. The summed E-state index contributed by atoms with van der Waals surface area (Å²) < 4.78 is 8.69. The number of Topliss-reactive ketones (excluding diaryl/α,β-unsaturated/α-hetero) is 1.